The molecule has 26 heavy (non-hydrogen) atoms. The van der Waals surface area contributed by atoms with Crippen LogP contribution < -0.4 is 5.32 Å². The SMILES string of the molecule is CC(C)(C)c1ccc2c(-c3cccc(F)c3)c3c(cc2c1)C(=N)NC3=N. The normalized spacial score (nSPS) is 13.8. The molecule has 3 aromatic carbocycles. The lowest BCUT2D eigenvalue weighted by Gasteiger charge is -2.21. The molecule has 0 unspecified atom stereocenters. The maximum Gasteiger partial charge on any atom is 0.132 e. The van der Waals surface area contributed by atoms with Crippen molar-refractivity contribution in [2.45, 2.75) is 26.2 Å². The standard InChI is InChI=1S/C22H20FN3/c1-22(2,3)14-7-8-16-13(9-14)11-17-19(21(25)26-20(17)24)18(16)12-5-4-6-15(23)10-12/h4-11H,1-3H3,(H3,24,25,26). The van der Waals surface area contributed by atoms with Crippen LogP contribution >= 0.6 is 0 Å². The third-order valence-corrected chi connectivity index (χ3v) is 4.89. The largest absolute Gasteiger partial charge is 0.325 e. The molecule has 3 aromatic rings. The van der Waals surface area contributed by atoms with E-state index in [-0.39, 0.29) is 22.9 Å². The highest BCUT2D eigenvalue weighted by molar-refractivity contribution is 6.28. The number of halogens is 1. The Kier molecular flexibility index (Phi) is 3.48. The van der Waals surface area contributed by atoms with Crippen LogP contribution in [-0.2, 0) is 5.41 Å². The molecule has 0 amide bonds. The minimum absolute atomic E-state index is 0.00465. The van der Waals surface area contributed by atoms with E-state index in [2.05, 4.69) is 38.2 Å². The molecule has 3 N–H and O–H groups in total. The van der Waals surface area contributed by atoms with E-state index in [4.69, 9.17) is 10.8 Å². The van der Waals surface area contributed by atoms with E-state index in [0.29, 0.717) is 11.1 Å². The number of fused-ring (bicyclic) bond motifs is 2. The zero-order valence-electron chi connectivity index (χ0n) is 15.0. The van der Waals surface area contributed by atoms with Crippen molar-refractivity contribution in [2.24, 2.45) is 0 Å². The minimum Gasteiger partial charge on any atom is -0.325 e. The van der Waals surface area contributed by atoms with Crippen LogP contribution in [0.4, 0.5) is 4.39 Å². The average molecular weight is 345 g/mol. The van der Waals surface area contributed by atoms with Crippen molar-refractivity contribution in [3.8, 4) is 11.1 Å². The molecule has 1 aliphatic heterocycles. The molecule has 0 saturated heterocycles. The number of hydrogen-bond acceptors (Lipinski definition) is 2. The monoisotopic (exact) mass is 345 g/mol. The molecular weight excluding hydrogens is 325 g/mol. The van der Waals surface area contributed by atoms with Gasteiger partial charge in [0.1, 0.15) is 17.5 Å². The van der Waals surface area contributed by atoms with Crippen molar-refractivity contribution in [2.75, 3.05) is 0 Å². The number of hydrogen-bond donors (Lipinski definition) is 3. The molecule has 0 aliphatic carbocycles. The molecule has 4 heteroatoms. The van der Waals surface area contributed by atoms with Gasteiger partial charge in [0, 0.05) is 16.7 Å². The van der Waals surface area contributed by atoms with Crippen LogP contribution in [0.2, 0.25) is 0 Å². The van der Waals surface area contributed by atoms with Crippen LogP contribution in [-0.4, -0.2) is 11.7 Å². The van der Waals surface area contributed by atoms with E-state index in [9.17, 15) is 4.39 Å². The van der Waals surface area contributed by atoms with Gasteiger partial charge in [-0.05, 0) is 45.5 Å². The molecule has 4 rings (SSSR count). The van der Waals surface area contributed by atoms with E-state index in [1.165, 1.54) is 17.7 Å². The summed E-state index contributed by atoms with van der Waals surface area (Å²) in [5, 5.41) is 21.2. The predicted molar refractivity (Wildman–Crippen MR) is 105 cm³/mol. The molecule has 1 aliphatic rings. The first-order valence-corrected chi connectivity index (χ1v) is 8.58. The summed E-state index contributed by atoms with van der Waals surface area (Å²) in [5.74, 6) is 0.0869. The number of benzene rings is 3. The predicted octanol–water partition coefficient (Wildman–Crippen LogP) is 5.20. The zero-order valence-corrected chi connectivity index (χ0v) is 15.0. The van der Waals surface area contributed by atoms with Crippen LogP contribution in [0.25, 0.3) is 21.9 Å². The summed E-state index contributed by atoms with van der Waals surface area (Å²) in [6, 6.07) is 14.7. The first kappa shape index (κ1) is 16.5. The highest BCUT2D eigenvalue weighted by atomic mass is 19.1. The van der Waals surface area contributed by atoms with E-state index >= 15 is 0 Å². The third kappa shape index (κ3) is 2.49. The lowest BCUT2D eigenvalue weighted by atomic mass is 9.83. The number of nitrogens with one attached hydrogen (secondary N) is 3. The summed E-state index contributed by atoms with van der Waals surface area (Å²) < 4.78 is 13.9. The molecule has 0 bridgehead atoms. The fourth-order valence-electron chi connectivity index (χ4n) is 3.53. The zero-order chi connectivity index (χ0) is 18.6. The Morgan fingerprint density at radius 2 is 1.65 bits per heavy atom. The lowest BCUT2D eigenvalue weighted by molar-refractivity contribution is 0.591. The molecule has 130 valence electrons. The smallest absolute Gasteiger partial charge is 0.132 e. The Morgan fingerprint density at radius 1 is 0.885 bits per heavy atom. The lowest BCUT2D eigenvalue weighted by Crippen LogP contribution is -2.20. The summed E-state index contributed by atoms with van der Waals surface area (Å²) in [5.41, 5.74) is 4.07. The van der Waals surface area contributed by atoms with E-state index in [1.807, 2.05) is 18.2 Å². The molecule has 0 saturated carbocycles. The molecule has 0 fully saturated rings. The Balaban J connectivity index is 2.12. The van der Waals surface area contributed by atoms with Gasteiger partial charge in [-0.25, -0.2) is 4.39 Å². The highest BCUT2D eigenvalue weighted by Crippen LogP contribution is 2.38. The van der Waals surface area contributed by atoms with Gasteiger partial charge in [0.15, 0.2) is 0 Å². The Bertz CT molecular complexity index is 1090. The van der Waals surface area contributed by atoms with Gasteiger partial charge < -0.3 is 5.32 Å². The molecular formula is C22H20FN3. The van der Waals surface area contributed by atoms with Gasteiger partial charge in [-0.15, -0.1) is 0 Å². The highest BCUT2D eigenvalue weighted by Gasteiger charge is 2.27. The van der Waals surface area contributed by atoms with Crippen LogP contribution in [0.15, 0.2) is 48.5 Å². The van der Waals surface area contributed by atoms with E-state index in [1.54, 1.807) is 6.07 Å². The second kappa shape index (κ2) is 5.49. The summed E-state index contributed by atoms with van der Waals surface area (Å²) in [7, 11) is 0. The fraction of sp³-hybridized carbons (Fsp3) is 0.182. The second-order valence-corrected chi connectivity index (χ2v) is 7.75. The summed E-state index contributed by atoms with van der Waals surface area (Å²) in [6.45, 7) is 6.48. The van der Waals surface area contributed by atoms with Gasteiger partial charge in [0.2, 0.25) is 0 Å². The maximum atomic E-state index is 13.9. The van der Waals surface area contributed by atoms with Crippen LogP contribution in [0.5, 0.6) is 0 Å². The second-order valence-electron chi connectivity index (χ2n) is 7.75. The van der Waals surface area contributed by atoms with Crippen LogP contribution in [0, 0.1) is 16.6 Å². The summed E-state index contributed by atoms with van der Waals surface area (Å²) in [6.07, 6.45) is 0. The summed E-state index contributed by atoms with van der Waals surface area (Å²) >= 11 is 0. The van der Waals surface area contributed by atoms with E-state index < -0.39 is 0 Å². The topological polar surface area (TPSA) is 59.7 Å². The molecule has 3 nitrogen and oxygen atoms in total. The fourth-order valence-corrected chi connectivity index (χ4v) is 3.53. The quantitative estimate of drug-likeness (QED) is 0.558. The minimum atomic E-state index is -0.313. The number of amidine groups is 2. The first-order valence-electron chi connectivity index (χ1n) is 8.58. The van der Waals surface area contributed by atoms with Crippen molar-refractivity contribution < 1.29 is 4.39 Å². The third-order valence-electron chi connectivity index (χ3n) is 4.89. The molecule has 0 aromatic heterocycles. The molecule has 1 heterocycles. The Morgan fingerprint density at radius 3 is 2.35 bits per heavy atom. The van der Waals surface area contributed by atoms with Gasteiger partial charge in [-0.2, -0.15) is 0 Å². The van der Waals surface area contributed by atoms with E-state index in [0.717, 1.165) is 21.9 Å². The van der Waals surface area contributed by atoms with Gasteiger partial charge in [-0.3, -0.25) is 10.8 Å². The van der Waals surface area contributed by atoms with Crippen molar-refractivity contribution in [1.82, 2.24) is 5.32 Å². The molecule has 0 atom stereocenters. The molecule has 0 radical (unpaired) electrons. The van der Waals surface area contributed by atoms with Crippen LogP contribution in [0.1, 0.15) is 37.5 Å². The molecule has 0 spiro atoms. The van der Waals surface area contributed by atoms with Crippen LogP contribution in [0.3, 0.4) is 0 Å². The van der Waals surface area contributed by atoms with Crippen molar-refractivity contribution in [3.63, 3.8) is 0 Å². The van der Waals surface area contributed by atoms with Gasteiger partial charge in [-0.1, -0.05) is 51.1 Å². The first-order chi connectivity index (χ1) is 12.3. The summed E-state index contributed by atoms with van der Waals surface area (Å²) in [4.78, 5) is 0. The van der Waals surface area contributed by atoms with Crippen molar-refractivity contribution in [3.05, 3.63) is 71.0 Å². The van der Waals surface area contributed by atoms with Crippen molar-refractivity contribution in [1.29, 1.82) is 10.8 Å². The van der Waals surface area contributed by atoms with Gasteiger partial charge in [0.05, 0.1) is 0 Å². The van der Waals surface area contributed by atoms with Gasteiger partial charge >= 0.3 is 0 Å². The Labute approximate surface area is 151 Å². The van der Waals surface area contributed by atoms with Crippen molar-refractivity contribution >= 4 is 22.4 Å². The Hall–Kier alpha value is -3.01. The van der Waals surface area contributed by atoms with Gasteiger partial charge in [0.25, 0.3) is 0 Å². The maximum absolute atomic E-state index is 13.9. The number of rotatable bonds is 1. The average Bonchev–Trinajstić information content (AvgIpc) is 2.85.